The van der Waals surface area contributed by atoms with Crippen molar-refractivity contribution in [2.45, 2.75) is 38.3 Å². The molecule has 1 aromatic heterocycles. The Labute approximate surface area is 115 Å². The number of rotatable bonds is 4. The molecule has 0 aromatic carbocycles. The molecule has 0 bridgehead atoms. The quantitative estimate of drug-likeness (QED) is 0.837. The number of aromatic nitrogens is 2. The molecular weight excluding hydrogens is 270 g/mol. The molecule has 0 unspecified atom stereocenters. The average Bonchev–Trinajstić information content (AvgIpc) is 2.86. The molecule has 7 heteroatoms. The van der Waals surface area contributed by atoms with E-state index < -0.39 is 5.56 Å². The minimum absolute atomic E-state index is 0.0000453. The van der Waals surface area contributed by atoms with Gasteiger partial charge in [0.1, 0.15) is 6.54 Å². The zero-order chi connectivity index (χ0) is 13.8. The first-order valence-corrected chi connectivity index (χ1v) is 6.58. The van der Waals surface area contributed by atoms with Crippen LogP contribution in [0.3, 0.4) is 0 Å². The fourth-order valence-corrected chi connectivity index (χ4v) is 2.43. The van der Waals surface area contributed by atoms with E-state index in [1.54, 1.807) is 0 Å². The Morgan fingerprint density at radius 3 is 2.89 bits per heavy atom. The van der Waals surface area contributed by atoms with Gasteiger partial charge in [0.25, 0.3) is 5.56 Å². The van der Waals surface area contributed by atoms with Crippen molar-refractivity contribution in [1.29, 1.82) is 0 Å². The number of carbonyl (C=O) groups is 1. The Balaban J connectivity index is 2.06. The minimum Gasteiger partial charge on any atom is -0.489 e. The molecule has 6 nitrogen and oxygen atoms in total. The van der Waals surface area contributed by atoms with Gasteiger partial charge in [0.2, 0.25) is 11.7 Å². The summed E-state index contributed by atoms with van der Waals surface area (Å²) in [4.78, 5) is 27.6. The molecule has 0 aliphatic heterocycles. The van der Waals surface area contributed by atoms with Crippen molar-refractivity contribution in [3.8, 4) is 5.75 Å². The number of nitrogens with zero attached hydrogens (tertiary/aromatic N) is 2. The highest BCUT2D eigenvalue weighted by Gasteiger charge is 2.18. The van der Waals surface area contributed by atoms with E-state index >= 15 is 0 Å². The summed E-state index contributed by atoms with van der Waals surface area (Å²) in [7, 11) is 1.34. The third-order valence-electron chi connectivity index (χ3n) is 3.19. The van der Waals surface area contributed by atoms with E-state index in [0.717, 1.165) is 25.7 Å². The van der Waals surface area contributed by atoms with Crippen molar-refractivity contribution in [3.63, 3.8) is 0 Å². The fourth-order valence-electron chi connectivity index (χ4n) is 2.23. The van der Waals surface area contributed by atoms with Gasteiger partial charge in [-0.25, -0.2) is 4.98 Å². The van der Waals surface area contributed by atoms with Crippen molar-refractivity contribution in [2.24, 2.45) is 0 Å². The molecule has 0 radical (unpaired) electrons. The van der Waals surface area contributed by atoms with Crippen LogP contribution in [0.2, 0.25) is 5.15 Å². The standard InChI is InChI=1S/C12H16ClN3O3/c1-19-10-11(13)14-7-16(12(10)18)6-9(17)15-8-4-2-3-5-8/h7-8H,2-6H2,1H3,(H,15,17). The van der Waals surface area contributed by atoms with Crippen molar-refractivity contribution in [1.82, 2.24) is 14.9 Å². The van der Waals surface area contributed by atoms with Crippen LogP contribution >= 0.6 is 11.6 Å². The van der Waals surface area contributed by atoms with Crippen LogP contribution in [0.1, 0.15) is 25.7 Å². The molecule has 1 saturated carbocycles. The number of methoxy groups -OCH3 is 1. The largest absolute Gasteiger partial charge is 0.489 e. The molecule has 2 rings (SSSR count). The molecule has 19 heavy (non-hydrogen) atoms. The maximum atomic E-state index is 11.9. The lowest BCUT2D eigenvalue weighted by Crippen LogP contribution is -2.37. The zero-order valence-electron chi connectivity index (χ0n) is 10.7. The summed E-state index contributed by atoms with van der Waals surface area (Å²) < 4.78 is 6.06. The summed E-state index contributed by atoms with van der Waals surface area (Å²) in [6.07, 6.45) is 5.54. The number of halogens is 1. The second-order valence-corrected chi connectivity index (χ2v) is 4.91. The molecule has 1 aliphatic rings. The highest BCUT2D eigenvalue weighted by atomic mass is 35.5. The van der Waals surface area contributed by atoms with Crippen molar-refractivity contribution in [2.75, 3.05) is 7.11 Å². The van der Waals surface area contributed by atoms with Crippen LogP contribution < -0.4 is 15.6 Å². The Kier molecular flexibility index (Phi) is 4.42. The van der Waals surface area contributed by atoms with Crippen LogP contribution in [0.15, 0.2) is 11.1 Å². The molecule has 1 amide bonds. The lowest BCUT2D eigenvalue weighted by Gasteiger charge is -2.13. The third-order valence-corrected chi connectivity index (χ3v) is 3.46. The number of nitrogens with one attached hydrogen (secondary N) is 1. The first kappa shape index (κ1) is 13.9. The van der Waals surface area contributed by atoms with Crippen LogP contribution in [0.5, 0.6) is 5.75 Å². The number of hydrogen-bond acceptors (Lipinski definition) is 4. The lowest BCUT2D eigenvalue weighted by atomic mass is 10.2. The van der Waals surface area contributed by atoms with Gasteiger partial charge in [0, 0.05) is 6.04 Å². The van der Waals surface area contributed by atoms with Crippen molar-refractivity contribution in [3.05, 3.63) is 21.8 Å². The Morgan fingerprint density at radius 1 is 1.58 bits per heavy atom. The molecule has 1 N–H and O–H groups in total. The van der Waals surface area contributed by atoms with E-state index in [2.05, 4.69) is 10.3 Å². The highest BCUT2D eigenvalue weighted by molar-refractivity contribution is 6.30. The molecule has 1 aromatic rings. The van der Waals surface area contributed by atoms with Gasteiger partial charge in [-0.15, -0.1) is 0 Å². The third kappa shape index (κ3) is 3.26. The van der Waals surface area contributed by atoms with Gasteiger partial charge >= 0.3 is 0 Å². The summed E-state index contributed by atoms with van der Waals surface area (Å²) in [5, 5.41) is 2.91. The van der Waals surface area contributed by atoms with Gasteiger partial charge in [-0.3, -0.25) is 14.2 Å². The maximum absolute atomic E-state index is 11.9. The Hall–Kier alpha value is -1.56. The van der Waals surface area contributed by atoms with Crippen LogP contribution in [-0.4, -0.2) is 28.6 Å². The second-order valence-electron chi connectivity index (χ2n) is 4.55. The van der Waals surface area contributed by atoms with Crippen LogP contribution in [-0.2, 0) is 11.3 Å². The number of ether oxygens (including phenoxy) is 1. The van der Waals surface area contributed by atoms with Crippen LogP contribution in [0.4, 0.5) is 0 Å². The van der Waals surface area contributed by atoms with Crippen LogP contribution in [0, 0.1) is 0 Å². The molecule has 1 fully saturated rings. The molecular formula is C12H16ClN3O3. The van der Waals surface area contributed by atoms with E-state index in [9.17, 15) is 9.59 Å². The number of amides is 1. The Morgan fingerprint density at radius 2 is 2.26 bits per heavy atom. The number of carbonyl (C=O) groups excluding carboxylic acids is 1. The van der Waals surface area contributed by atoms with Gasteiger partial charge in [0.15, 0.2) is 5.15 Å². The average molecular weight is 286 g/mol. The van der Waals surface area contributed by atoms with E-state index in [-0.39, 0.29) is 29.4 Å². The van der Waals surface area contributed by atoms with Gasteiger partial charge in [-0.2, -0.15) is 0 Å². The van der Waals surface area contributed by atoms with E-state index in [4.69, 9.17) is 16.3 Å². The minimum atomic E-state index is -0.455. The summed E-state index contributed by atoms with van der Waals surface area (Å²) in [5.74, 6) is -0.238. The maximum Gasteiger partial charge on any atom is 0.297 e. The predicted molar refractivity (Wildman–Crippen MR) is 70.5 cm³/mol. The first-order valence-electron chi connectivity index (χ1n) is 6.20. The normalized spacial score (nSPS) is 15.5. The SMILES string of the molecule is COc1c(Cl)ncn(CC(=O)NC2CCCC2)c1=O. The fraction of sp³-hybridized carbons (Fsp3) is 0.583. The molecule has 0 saturated heterocycles. The topological polar surface area (TPSA) is 73.2 Å². The lowest BCUT2D eigenvalue weighted by molar-refractivity contribution is -0.122. The van der Waals surface area contributed by atoms with Gasteiger partial charge < -0.3 is 10.1 Å². The number of hydrogen-bond donors (Lipinski definition) is 1. The van der Waals surface area contributed by atoms with E-state index in [0.29, 0.717) is 0 Å². The summed E-state index contributed by atoms with van der Waals surface area (Å²) >= 11 is 5.73. The zero-order valence-corrected chi connectivity index (χ0v) is 11.4. The first-order chi connectivity index (χ1) is 9.11. The molecule has 1 heterocycles. The van der Waals surface area contributed by atoms with Crippen molar-refractivity contribution >= 4 is 17.5 Å². The Bertz CT molecular complexity index is 523. The molecule has 0 spiro atoms. The van der Waals surface area contributed by atoms with E-state index in [1.807, 2.05) is 0 Å². The van der Waals surface area contributed by atoms with Crippen LogP contribution in [0.25, 0.3) is 0 Å². The summed E-state index contributed by atoms with van der Waals surface area (Å²) in [5.41, 5.74) is -0.455. The predicted octanol–water partition coefficient (Wildman–Crippen LogP) is 0.964. The summed E-state index contributed by atoms with van der Waals surface area (Å²) in [6.45, 7) is -0.0735. The summed E-state index contributed by atoms with van der Waals surface area (Å²) in [6, 6.07) is 0.227. The van der Waals surface area contributed by atoms with Gasteiger partial charge in [-0.1, -0.05) is 24.4 Å². The molecule has 104 valence electrons. The van der Waals surface area contributed by atoms with Crippen molar-refractivity contribution < 1.29 is 9.53 Å². The van der Waals surface area contributed by atoms with Gasteiger partial charge in [-0.05, 0) is 12.8 Å². The smallest absolute Gasteiger partial charge is 0.297 e. The highest BCUT2D eigenvalue weighted by Crippen LogP contribution is 2.17. The monoisotopic (exact) mass is 285 g/mol. The van der Waals surface area contributed by atoms with E-state index in [1.165, 1.54) is 18.0 Å². The molecule has 1 aliphatic carbocycles. The second kappa shape index (κ2) is 6.06. The molecule has 0 atom stereocenters. The van der Waals surface area contributed by atoms with Gasteiger partial charge in [0.05, 0.1) is 13.4 Å².